The first-order valence-corrected chi connectivity index (χ1v) is 7.71. The van der Waals surface area contributed by atoms with Crippen LogP contribution in [0.3, 0.4) is 0 Å². The molecule has 1 aromatic carbocycles. The highest BCUT2D eigenvalue weighted by Crippen LogP contribution is 2.31. The van der Waals surface area contributed by atoms with Gasteiger partial charge in [-0.05, 0) is 47.9 Å². The van der Waals surface area contributed by atoms with Gasteiger partial charge in [0.2, 0.25) is 5.88 Å². The van der Waals surface area contributed by atoms with Crippen molar-refractivity contribution in [1.82, 2.24) is 9.55 Å². The van der Waals surface area contributed by atoms with E-state index in [2.05, 4.69) is 9.72 Å². The van der Waals surface area contributed by atoms with Gasteiger partial charge >= 0.3 is 6.61 Å². The maximum absolute atomic E-state index is 12.7. The van der Waals surface area contributed by atoms with Crippen molar-refractivity contribution < 1.29 is 13.5 Å². The highest BCUT2D eigenvalue weighted by molar-refractivity contribution is 6.30. The lowest BCUT2D eigenvalue weighted by molar-refractivity contribution is -0.0524. The monoisotopic (exact) mass is 348 g/mol. The summed E-state index contributed by atoms with van der Waals surface area (Å²) in [7, 11) is 0. The average Bonchev–Trinajstić information content (AvgIpc) is 2.93. The SMILES string of the molecule is Cc1ccn(Cc2cnc(OC(F)F)c(-c3cccc(Cl)c3)c2)c1. The van der Waals surface area contributed by atoms with E-state index in [9.17, 15) is 8.78 Å². The third-order valence-electron chi connectivity index (χ3n) is 3.51. The number of nitrogens with zero attached hydrogens (tertiary/aromatic N) is 2. The largest absolute Gasteiger partial charge is 0.416 e. The highest BCUT2D eigenvalue weighted by atomic mass is 35.5. The van der Waals surface area contributed by atoms with Crippen LogP contribution in [0.5, 0.6) is 5.88 Å². The van der Waals surface area contributed by atoms with Crippen molar-refractivity contribution in [2.45, 2.75) is 20.1 Å². The number of hydrogen-bond donors (Lipinski definition) is 0. The molecule has 0 bridgehead atoms. The fourth-order valence-corrected chi connectivity index (χ4v) is 2.68. The van der Waals surface area contributed by atoms with Crippen LogP contribution in [0, 0.1) is 6.92 Å². The predicted octanol–water partition coefficient (Wildman–Crippen LogP) is 5.16. The zero-order valence-electron chi connectivity index (χ0n) is 12.9. The minimum atomic E-state index is -2.94. The molecule has 3 aromatic rings. The minimum absolute atomic E-state index is 0.111. The Morgan fingerprint density at radius 2 is 2.08 bits per heavy atom. The van der Waals surface area contributed by atoms with Gasteiger partial charge in [0, 0.05) is 35.7 Å². The minimum Gasteiger partial charge on any atom is -0.416 e. The lowest BCUT2D eigenvalue weighted by Gasteiger charge is -2.12. The van der Waals surface area contributed by atoms with Crippen molar-refractivity contribution in [3.8, 4) is 17.0 Å². The third-order valence-corrected chi connectivity index (χ3v) is 3.74. The molecule has 6 heteroatoms. The van der Waals surface area contributed by atoms with E-state index >= 15 is 0 Å². The number of benzene rings is 1. The Labute approximate surface area is 143 Å². The van der Waals surface area contributed by atoms with Crippen LogP contribution >= 0.6 is 11.6 Å². The molecular weight excluding hydrogens is 334 g/mol. The van der Waals surface area contributed by atoms with Gasteiger partial charge in [-0.25, -0.2) is 4.98 Å². The molecule has 0 saturated heterocycles. The second kappa shape index (κ2) is 7.01. The van der Waals surface area contributed by atoms with Crippen molar-refractivity contribution in [2.24, 2.45) is 0 Å². The lowest BCUT2D eigenvalue weighted by Crippen LogP contribution is -2.06. The van der Waals surface area contributed by atoms with E-state index in [1.807, 2.05) is 30.0 Å². The number of pyridine rings is 1. The maximum atomic E-state index is 12.7. The van der Waals surface area contributed by atoms with Crippen LogP contribution in [-0.2, 0) is 6.54 Å². The van der Waals surface area contributed by atoms with E-state index in [0.717, 1.165) is 11.1 Å². The molecule has 0 fully saturated rings. The van der Waals surface area contributed by atoms with Crippen LogP contribution in [0.25, 0.3) is 11.1 Å². The van der Waals surface area contributed by atoms with E-state index in [-0.39, 0.29) is 5.88 Å². The summed E-state index contributed by atoms with van der Waals surface area (Å²) in [5.74, 6) is -0.111. The molecule has 0 radical (unpaired) electrons. The molecule has 0 aliphatic rings. The van der Waals surface area contributed by atoms with Gasteiger partial charge in [-0.15, -0.1) is 0 Å². The first-order valence-electron chi connectivity index (χ1n) is 7.33. The van der Waals surface area contributed by atoms with Gasteiger partial charge in [-0.1, -0.05) is 23.7 Å². The summed E-state index contributed by atoms with van der Waals surface area (Å²) in [4.78, 5) is 4.07. The van der Waals surface area contributed by atoms with E-state index in [0.29, 0.717) is 22.7 Å². The van der Waals surface area contributed by atoms with E-state index in [1.54, 1.807) is 36.5 Å². The molecule has 124 valence electrons. The van der Waals surface area contributed by atoms with Crippen molar-refractivity contribution >= 4 is 11.6 Å². The van der Waals surface area contributed by atoms with Gasteiger partial charge < -0.3 is 9.30 Å². The Bertz CT molecular complexity index is 849. The predicted molar refractivity (Wildman–Crippen MR) is 89.6 cm³/mol. The molecule has 0 aliphatic heterocycles. The summed E-state index contributed by atoms with van der Waals surface area (Å²) in [5, 5.41) is 0.516. The van der Waals surface area contributed by atoms with Crippen molar-refractivity contribution in [3.05, 3.63) is 71.1 Å². The molecule has 3 nitrogen and oxygen atoms in total. The zero-order chi connectivity index (χ0) is 17.1. The summed E-state index contributed by atoms with van der Waals surface area (Å²) in [6, 6.07) is 10.8. The Kier molecular flexibility index (Phi) is 4.81. The summed E-state index contributed by atoms with van der Waals surface area (Å²) >= 11 is 6.01. The number of aryl methyl sites for hydroxylation is 1. The van der Waals surface area contributed by atoms with Gasteiger partial charge in [0.05, 0.1) is 0 Å². The van der Waals surface area contributed by atoms with Crippen molar-refractivity contribution in [1.29, 1.82) is 0 Å². The highest BCUT2D eigenvalue weighted by Gasteiger charge is 2.14. The molecule has 2 heterocycles. The van der Waals surface area contributed by atoms with E-state index in [1.165, 1.54) is 0 Å². The summed E-state index contributed by atoms with van der Waals surface area (Å²) < 4.78 is 31.9. The molecule has 0 saturated carbocycles. The molecule has 0 amide bonds. The number of halogens is 3. The molecule has 0 aliphatic carbocycles. The van der Waals surface area contributed by atoms with Crippen LogP contribution in [-0.4, -0.2) is 16.2 Å². The van der Waals surface area contributed by atoms with Crippen molar-refractivity contribution in [3.63, 3.8) is 0 Å². The summed E-state index contributed by atoms with van der Waals surface area (Å²) in [6.07, 6.45) is 5.50. The molecule has 0 N–H and O–H groups in total. The van der Waals surface area contributed by atoms with Gasteiger partial charge in [-0.3, -0.25) is 0 Å². The normalized spacial score (nSPS) is 11.0. The van der Waals surface area contributed by atoms with Crippen LogP contribution in [0.2, 0.25) is 5.02 Å². The molecule has 2 aromatic heterocycles. The van der Waals surface area contributed by atoms with Crippen LogP contribution in [0.4, 0.5) is 8.78 Å². The van der Waals surface area contributed by atoms with Crippen molar-refractivity contribution in [2.75, 3.05) is 0 Å². The lowest BCUT2D eigenvalue weighted by atomic mass is 10.1. The quantitative estimate of drug-likeness (QED) is 0.636. The standard InChI is InChI=1S/C18H15ClF2N2O/c1-12-5-6-23(10-12)11-13-7-16(14-3-2-4-15(19)8-14)17(22-9-13)24-18(20)21/h2-10,18H,11H2,1H3. The first kappa shape index (κ1) is 16.5. The fraction of sp³-hybridized carbons (Fsp3) is 0.167. The van der Waals surface area contributed by atoms with Gasteiger partial charge in [0.1, 0.15) is 0 Å². The second-order valence-corrected chi connectivity index (χ2v) is 5.88. The second-order valence-electron chi connectivity index (χ2n) is 5.45. The first-order chi connectivity index (χ1) is 11.5. The number of ether oxygens (including phenoxy) is 1. The Balaban J connectivity index is 2.00. The Hall–Kier alpha value is -2.40. The third kappa shape index (κ3) is 3.92. The number of rotatable bonds is 5. The summed E-state index contributed by atoms with van der Waals surface area (Å²) in [6.45, 7) is -0.344. The van der Waals surface area contributed by atoms with Crippen LogP contribution in [0.15, 0.2) is 55.0 Å². The fourth-order valence-electron chi connectivity index (χ4n) is 2.49. The Morgan fingerprint density at radius 3 is 2.75 bits per heavy atom. The van der Waals surface area contributed by atoms with Crippen LogP contribution in [0.1, 0.15) is 11.1 Å². The van der Waals surface area contributed by atoms with E-state index < -0.39 is 6.61 Å². The topological polar surface area (TPSA) is 27.1 Å². The molecule has 0 unspecified atom stereocenters. The zero-order valence-corrected chi connectivity index (χ0v) is 13.7. The molecule has 24 heavy (non-hydrogen) atoms. The molecular formula is C18H15ClF2N2O. The van der Waals surface area contributed by atoms with Crippen LogP contribution < -0.4 is 4.74 Å². The molecule has 3 rings (SSSR count). The average molecular weight is 349 g/mol. The van der Waals surface area contributed by atoms with Gasteiger partial charge in [0.15, 0.2) is 0 Å². The molecule has 0 atom stereocenters. The van der Waals surface area contributed by atoms with Gasteiger partial charge in [0.25, 0.3) is 0 Å². The van der Waals surface area contributed by atoms with Gasteiger partial charge in [-0.2, -0.15) is 8.78 Å². The maximum Gasteiger partial charge on any atom is 0.388 e. The number of aromatic nitrogens is 2. The van der Waals surface area contributed by atoms with E-state index in [4.69, 9.17) is 11.6 Å². The molecule has 0 spiro atoms. The Morgan fingerprint density at radius 1 is 1.25 bits per heavy atom. The summed E-state index contributed by atoms with van der Waals surface area (Å²) in [5.41, 5.74) is 3.19. The smallest absolute Gasteiger partial charge is 0.388 e. The number of alkyl halides is 2. The number of hydrogen-bond acceptors (Lipinski definition) is 2.